The summed E-state index contributed by atoms with van der Waals surface area (Å²) in [5.74, 6) is -0.269. The van der Waals surface area contributed by atoms with Gasteiger partial charge in [0.1, 0.15) is 0 Å². The molecule has 1 heterocycles. The first-order valence-corrected chi connectivity index (χ1v) is 8.27. The fraction of sp³-hybridized carbons (Fsp3) is 0.150. The second-order valence-electron chi connectivity index (χ2n) is 6.15. The summed E-state index contributed by atoms with van der Waals surface area (Å²) in [5.41, 5.74) is 2.59. The lowest BCUT2D eigenvalue weighted by atomic mass is 10.1. The molecule has 1 saturated carbocycles. The molecule has 0 unspecified atom stereocenters. The van der Waals surface area contributed by atoms with Crippen molar-refractivity contribution in [2.24, 2.45) is 0 Å². The first-order valence-electron chi connectivity index (χ1n) is 8.27. The first-order chi connectivity index (χ1) is 12.2. The summed E-state index contributed by atoms with van der Waals surface area (Å²) in [6.07, 6.45) is 3.74. The number of carbonyl (C=O) groups excluding carboxylic acids is 2. The summed E-state index contributed by atoms with van der Waals surface area (Å²) in [4.78, 5) is 28.8. The first kappa shape index (κ1) is 15.3. The zero-order valence-electron chi connectivity index (χ0n) is 13.5. The third-order valence-electron chi connectivity index (χ3n) is 4.21. The Morgan fingerprint density at radius 1 is 0.920 bits per heavy atom. The quantitative estimate of drug-likeness (QED) is 0.770. The molecule has 5 nitrogen and oxygen atoms in total. The highest BCUT2D eigenvalue weighted by atomic mass is 16.2. The van der Waals surface area contributed by atoms with E-state index in [9.17, 15) is 9.59 Å². The number of amides is 2. The minimum Gasteiger partial charge on any atom is -0.349 e. The van der Waals surface area contributed by atoms with E-state index in [1.165, 1.54) is 0 Å². The standard InChI is InChI=1S/C20H17N3O2/c24-19(22-15-9-10-15)13-5-7-14(8-6-13)23-20(25)17-11-12-21-18-4-2-1-3-16(17)18/h1-8,11-12,15H,9-10H2,(H,22,24)(H,23,25). The Kier molecular flexibility index (Phi) is 3.90. The Labute approximate surface area is 145 Å². The van der Waals surface area contributed by atoms with E-state index in [0.717, 1.165) is 23.7 Å². The molecule has 1 aliphatic carbocycles. The van der Waals surface area contributed by atoms with Crippen LogP contribution in [0.3, 0.4) is 0 Å². The van der Waals surface area contributed by atoms with Crippen LogP contribution >= 0.6 is 0 Å². The topological polar surface area (TPSA) is 71.1 Å². The molecule has 3 aromatic rings. The number of hydrogen-bond donors (Lipinski definition) is 2. The van der Waals surface area contributed by atoms with Crippen molar-refractivity contribution in [2.45, 2.75) is 18.9 Å². The van der Waals surface area contributed by atoms with Crippen molar-refractivity contribution in [3.63, 3.8) is 0 Å². The van der Waals surface area contributed by atoms with Crippen LogP contribution in [0.25, 0.3) is 10.9 Å². The number of aromatic nitrogens is 1. The molecule has 2 aromatic carbocycles. The molecular weight excluding hydrogens is 314 g/mol. The highest BCUT2D eigenvalue weighted by molar-refractivity contribution is 6.12. The second-order valence-corrected chi connectivity index (χ2v) is 6.15. The molecular formula is C20H17N3O2. The molecule has 0 bridgehead atoms. The lowest BCUT2D eigenvalue weighted by molar-refractivity contribution is 0.0950. The number of hydrogen-bond acceptors (Lipinski definition) is 3. The van der Waals surface area contributed by atoms with Gasteiger partial charge in [0.25, 0.3) is 11.8 Å². The highest BCUT2D eigenvalue weighted by Gasteiger charge is 2.23. The summed E-state index contributed by atoms with van der Waals surface area (Å²) < 4.78 is 0. The molecule has 5 heteroatoms. The number of fused-ring (bicyclic) bond motifs is 1. The Balaban J connectivity index is 1.51. The van der Waals surface area contributed by atoms with Crippen molar-refractivity contribution in [1.82, 2.24) is 10.3 Å². The van der Waals surface area contributed by atoms with Crippen LogP contribution in [-0.4, -0.2) is 22.8 Å². The van der Waals surface area contributed by atoms with Crippen LogP contribution in [0.2, 0.25) is 0 Å². The maximum absolute atomic E-state index is 12.6. The monoisotopic (exact) mass is 331 g/mol. The van der Waals surface area contributed by atoms with Gasteiger partial charge in [-0.05, 0) is 49.2 Å². The van der Waals surface area contributed by atoms with Crippen molar-refractivity contribution in [1.29, 1.82) is 0 Å². The second kappa shape index (κ2) is 6.36. The van der Waals surface area contributed by atoms with Gasteiger partial charge >= 0.3 is 0 Å². The number of nitrogens with one attached hydrogen (secondary N) is 2. The van der Waals surface area contributed by atoms with E-state index in [2.05, 4.69) is 15.6 Å². The molecule has 2 N–H and O–H groups in total. The normalized spacial score (nSPS) is 13.4. The Hall–Kier alpha value is -3.21. The Morgan fingerprint density at radius 3 is 2.44 bits per heavy atom. The van der Waals surface area contributed by atoms with Crippen LogP contribution in [0.1, 0.15) is 33.6 Å². The number of rotatable bonds is 4. The molecule has 0 atom stereocenters. The van der Waals surface area contributed by atoms with Gasteiger partial charge in [0.2, 0.25) is 0 Å². The molecule has 124 valence electrons. The third-order valence-corrected chi connectivity index (χ3v) is 4.21. The average molecular weight is 331 g/mol. The summed E-state index contributed by atoms with van der Waals surface area (Å²) in [5, 5.41) is 6.62. The molecule has 4 rings (SSSR count). The average Bonchev–Trinajstić information content (AvgIpc) is 3.45. The smallest absolute Gasteiger partial charge is 0.256 e. The molecule has 0 aliphatic heterocycles. The van der Waals surface area contributed by atoms with E-state index in [1.54, 1.807) is 36.5 Å². The predicted molar refractivity (Wildman–Crippen MR) is 96.6 cm³/mol. The van der Waals surface area contributed by atoms with Gasteiger partial charge in [0, 0.05) is 28.9 Å². The number of carbonyl (C=O) groups is 2. The summed E-state index contributed by atoms with van der Waals surface area (Å²) in [7, 11) is 0. The van der Waals surface area contributed by atoms with Crippen LogP contribution in [0.15, 0.2) is 60.8 Å². The molecule has 0 radical (unpaired) electrons. The number of nitrogens with zero attached hydrogens (tertiary/aromatic N) is 1. The molecule has 1 aromatic heterocycles. The Morgan fingerprint density at radius 2 is 1.68 bits per heavy atom. The van der Waals surface area contributed by atoms with E-state index in [-0.39, 0.29) is 11.8 Å². The van der Waals surface area contributed by atoms with Gasteiger partial charge in [-0.2, -0.15) is 0 Å². The minimum absolute atomic E-state index is 0.0690. The van der Waals surface area contributed by atoms with Crippen LogP contribution in [0.5, 0.6) is 0 Å². The van der Waals surface area contributed by atoms with Crippen molar-refractivity contribution < 1.29 is 9.59 Å². The number of benzene rings is 2. The fourth-order valence-electron chi connectivity index (χ4n) is 2.69. The van der Waals surface area contributed by atoms with Gasteiger partial charge < -0.3 is 10.6 Å². The number of pyridine rings is 1. The van der Waals surface area contributed by atoms with E-state index in [4.69, 9.17) is 0 Å². The molecule has 0 saturated heterocycles. The zero-order valence-corrected chi connectivity index (χ0v) is 13.5. The minimum atomic E-state index is -0.200. The van der Waals surface area contributed by atoms with E-state index in [0.29, 0.717) is 22.9 Å². The van der Waals surface area contributed by atoms with Crippen LogP contribution in [0, 0.1) is 0 Å². The maximum atomic E-state index is 12.6. The summed E-state index contributed by atoms with van der Waals surface area (Å²) in [6, 6.07) is 16.5. The van der Waals surface area contributed by atoms with Crippen molar-refractivity contribution in [3.8, 4) is 0 Å². The van der Waals surface area contributed by atoms with Crippen LogP contribution < -0.4 is 10.6 Å². The Bertz CT molecular complexity index is 941. The maximum Gasteiger partial charge on any atom is 0.256 e. The van der Waals surface area contributed by atoms with Gasteiger partial charge in [-0.3, -0.25) is 14.6 Å². The summed E-state index contributed by atoms with van der Waals surface area (Å²) in [6.45, 7) is 0. The molecule has 1 fully saturated rings. The van der Waals surface area contributed by atoms with Gasteiger partial charge in [-0.15, -0.1) is 0 Å². The molecule has 1 aliphatic rings. The molecule has 0 spiro atoms. The van der Waals surface area contributed by atoms with Crippen molar-refractivity contribution >= 4 is 28.4 Å². The van der Waals surface area contributed by atoms with Gasteiger partial charge in [-0.1, -0.05) is 18.2 Å². The SMILES string of the molecule is O=C(NC1CC1)c1ccc(NC(=O)c2ccnc3ccccc23)cc1. The largest absolute Gasteiger partial charge is 0.349 e. The van der Waals surface area contributed by atoms with E-state index < -0.39 is 0 Å². The van der Waals surface area contributed by atoms with Crippen LogP contribution in [-0.2, 0) is 0 Å². The van der Waals surface area contributed by atoms with Crippen molar-refractivity contribution in [3.05, 3.63) is 71.9 Å². The van der Waals surface area contributed by atoms with E-state index in [1.807, 2.05) is 24.3 Å². The number of anilines is 1. The van der Waals surface area contributed by atoms with Gasteiger partial charge in [0.05, 0.1) is 11.1 Å². The predicted octanol–water partition coefficient (Wildman–Crippen LogP) is 3.38. The third kappa shape index (κ3) is 3.35. The lowest BCUT2D eigenvalue weighted by Crippen LogP contribution is -2.25. The summed E-state index contributed by atoms with van der Waals surface area (Å²) >= 11 is 0. The van der Waals surface area contributed by atoms with Gasteiger partial charge in [0.15, 0.2) is 0 Å². The van der Waals surface area contributed by atoms with Gasteiger partial charge in [-0.25, -0.2) is 0 Å². The number of para-hydroxylation sites is 1. The highest BCUT2D eigenvalue weighted by Crippen LogP contribution is 2.20. The van der Waals surface area contributed by atoms with Crippen molar-refractivity contribution in [2.75, 3.05) is 5.32 Å². The van der Waals surface area contributed by atoms with Crippen LogP contribution in [0.4, 0.5) is 5.69 Å². The molecule has 2 amide bonds. The lowest BCUT2D eigenvalue weighted by Gasteiger charge is -2.09. The molecule has 25 heavy (non-hydrogen) atoms. The zero-order chi connectivity index (χ0) is 17.2. The fourth-order valence-corrected chi connectivity index (χ4v) is 2.69. The van der Waals surface area contributed by atoms with E-state index >= 15 is 0 Å².